The van der Waals surface area contributed by atoms with Gasteiger partial charge in [-0.3, -0.25) is 0 Å². The summed E-state index contributed by atoms with van der Waals surface area (Å²) >= 11 is 0. The normalized spacial score (nSPS) is 28.2. The molecule has 0 N–H and O–H groups in total. The van der Waals surface area contributed by atoms with Gasteiger partial charge in [-0.15, -0.1) is 0 Å². The number of allylic oxidation sites excluding steroid dienone is 1. The van der Waals surface area contributed by atoms with E-state index in [2.05, 4.69) is 39.5 Å². The number of benzene rings is 1. The van der Waals surface area contributed by atoms with Gasteiger partial charge in [0.2, 0.25) is 0 Å². The molecule has 1 nitrogen and oxygen atoms in total. The van der Waals surface area contributed by atoms with Crippen molar-refractivity contribution in [2.45, 2.75) is 64.2 Å². The minimum absolute atomic E-state index is 0.270. The van der Waals surface area contributed by atoms with Crippen molar-refractivity contribution in [3.05, 3.63) is 41.0 Å². The van der Waals surface area contributed by atoms with Crippen LogP contribution < -0.4 is 4.74 Å². The van der Waals surface area contributed by atoms with E-state index in [1.54, 1.807) is 0 Å². The third-order valence-electron chi connectivity index (χ3n) is 5.87. The second kappa shape index (κ2) is 5.19. The highest BCUT2D eigenvalue weighted by Gasteiger charge is 2.44. The summed E-state index contributed by atoms with van der Waals surface area (Å²) < 4.78 is 5.83. The number of ether oxygens (including phenoxy) is 1. The van der Waals surface area contributed by atoms with Gasteiger partial charge in [0, 0.05) is 0 Å². The van der Waals surface area contributed by atoms with Gasteiger partial charge in [-0.2, -0.15) is 0 Å². The van der Waals surface area contributed by atoms with Crippen molar-refractivity contribution in [2.75, 3.05) is 7.11 Å². The molecule has 0 spiro atoms. The van der Waals surface area contributed by atoms with E-state index in [9.17, 15) is 0 Å². The maximum atomic E-state index is 5.83. The Bertz CT molecular complexity index is 569. The van der Waals surface area contributed by atoms with Crippen LogP contribution in [0, 0.1) is 5.92 Å². The van der Waals surface area contributed by atoms with Crippen molar-refractivity contribution in [3.8, 4) is 5.75 Å². The van der Waals surface area contributed by atoms with Gasteiger partial charge in [0.25, 0.3) is 0 Å². The zero-order valence-corrected chi connectivity index (χ0v) is 14.0. The maximum absolute atomic E-state index is 5.83. The van der Waals surface area contributed by atoms with Gasteiger partial charge in [0.15, 0.2) is 0 Å². The first-order valence-corrected chi connectivity index (χ1v) is 8.37. The monoisotopic (exact) mass is 284 g/mol. The Morgan fingerprint density at radius 2 is 2.05 bits per heavy atom. The summed E-state index contributed by atoms with van der Waals surface area (Å²) in [5, 5.41) is 0. The topological polar surface area (TPSA) is 9.23 Å². The Kier molecular flexibility index (Phi) is 3.63. The molecule has 2 aliphatic rings. The maximum Gasteiger partial charge on any atom is 0.125 e. The summed E-state index contributed by atoms with van der Waals surface area (Å²) in [5.41, 5.74) is 6.10. The van der Waals surface area contributed by atoms with E-state index in [0.717, 1.165) is 12.2 Å². The van der Waals surface area contributed by atoms with E-state index < -0.39 is 0 Å². The van der Waals surface area contributed by atoms with Gasteiger partial charge in [0.1, 0.15) is 5.75 Å². The highest BCUT2D eigenvalue weighted by Crippen LogP contribution is 2.53. The first-order valence-electron chi connectivity index (χ1n) is 8.37. The smallest absolute Gasteiger partial charge is 0.125 e. The molecule has 0 unspecified atom stereocenters. The molecule has 2 atom stereocenters. The third-order valence-corrected chi connectivity index (χ3v) is 5.87. The number of fused-ring (bicyclic) bond motifs is 3. The zero-order chi connectivity index (χ0) is 15.2. The summed E-state index contributed by atoms with van der Waals surface area (Å²) in [6.45, 7) is 11.3. The summed E-state index contributed by atoms with van der Waals surface area (Å²) in [4.78, 5) is 0. The van der Waals surface area contributed by atoms with E-state index in [1.165, 1.54) is 47.9 Å². The molecular weight excluding hydrogens is 256 g/mol. The van der Waals surface area contributed by atoms with Crippen molar-refractivity contribution in [3.63, 3.8) is 0 Å². The molecule has 114 valence electrons. The fourth-order valence-electron chi connectivity index (χ4n) is 4.74. The van der Waals surface area contributed by atoms with Crippen LogP contribution in [0.1, 0.15) is 69.1 Å². The van der Waals surface area contributed by atoms with Gasteiger partial charge < -0.3 is 4.74 Å². The molecule has 1 saturated carbocycles. The first kappa shape index (κ1) is 14.7. The fourth-order valence-corrected chi connectivity index (χ4v) is 4.74. The average Bonchev–Trinajstić information content (AvgIpc) is 2.45. The summed E-state index contributed by atoms with van der Waals surface area (Å²) in [5.74, 6) is 2.32. The number of rotatable bonds is 2. The minimum Gasteiger partial charge on any atom is -0.496 e. The van der Waals surface area contributed by atoms with Crippen molar-refractivity contribution in [1.82, 2.24) is 0 Å². The molecule has 0 amide bonds. The summed E-state index contributed by atoms with van der Waals surface area (Å²) in [6, 6.07) is 4.69. The Hall–Kier alpha value is -1.24. The third kappa shape index (κ3) is 2.13. The largest absolute Gasteiger partial charge is 0.496 e. The Morgan fingerprint density at radius 1 is 1.29 bits per heavy atom. The lowest BCUT2D eigenvalue weighted by Crippen LogP contribution is -2.40. The molecule has 3 rings (SSSR count). The van der Waals surface area contributed by atoms with Gasteiger partial charge in [-0.25, -0.2) is 0 Å². The molecule has 0 radical (unpaired) electrons. The molecule has 21 heavy (non-hydrogen) atoms. The van der Waals surface area contributed by atoms with Crippen LogP contribution in [0.5, 0.6) is 5.75 Å². The Labute approximate surface area is 129 Å². The quantitative estimate of drug-likeness (QED) is 0.663. The molecule has 1 aromatic rings. The van der Waals surface area contributed by atoms with Crippen LogP contribution in [0.25, 0.3) is 0 Å². The predicted octanol–water partition coefficient (Wildman–Crippen LogP) is 5.38. The van der Waals surface area contributed by atoms with Gasteiger partial charge in [0.05, 0.1) is 7.11 Å². The molecule has 1 aromatic carbocycles. The van der Waals surface area contributed by atoms with Crippen LogP contribution in [0.4, 0.5) is 0 Å². The van der Waals surface area contributed by atoms with Gasteiger partial charge >= 0.3 is 0 Å². The number of hydrogen-bond donors (Lipinski definition) is 0. The van der Waals surface area contributed by atoms with Crippen molar-refractivity contribution in [2.24, 2.45) is 5.92 Å². The lowest BCUT2D eigenvalue weighted by molar-refractivity contribution is 0.232. The molecule has 0 heterocycles. The SMILES string of the molecule is C=C1CCC[C@]2(C)c3ccc(C(C)C)c(OC)c3CC[C@@H]12. The second-order valence-electron chi connectivity index (χ2n) is 7.39. The number of methoxy groups -OCH3 is 1. The Balaban J connectivity index is 2.16. The molecule has 0 saturated heterocycles. The van der Waals surface area contributed by atoms with Gasteiger partial charge in [-0.1, -0.05) is 45.1 Å². The first-order chi connectivity index (χ1) is 9.99. The summed E-state index contributed by atoms with van der Waals surface area (Å²) in [6.07, 6.45) is 6.16. The Morgan fingerprint density at radius 3 is 2.71 bits per heavy atom. The second-order valence-corrected chi connectivity index (χ2v) is 7.39. The van der Waals surface area contributed by atoms with Crippen LogP contribution in [0.2, 0.25) is 0 Å². The zero-order valence-electron chi connectivity index (χ0n) is 14.0. The standard InChI is InChI=1S/C20H28O/c1-13(2)15-8-11-18-16(19(15)21-5)9-10-17-14(3)7-6-12-20(17,18)4/h8,11,13,17H,3,6-7,9-10,12H2,1-2,4-5H3/t17-,20-/m0/s1. The van der Waals surface area contributed by atoms with Crippen LogP contribution in [-0.4, -0.2) is 7.11 Å². The molecule has 0 aromatic heterocycles. The van der Waals surface area contributed by atoms with Gasteiger partial charge in [-0.05, 0) is 66.0 Å². The summed E-state index contributed by atoms with van der Waals surface area (Å²) in [7, 11) is 1.83. The highest BCUT2D eigenvalue weighted by atomic mass is 16.5. The van der Waals surface area contributed by atoms with E-state index >= 15 is 0 Å². The van der Waals surface area contributed by atoms with Crippen molar-refractivity contribution in [1.29, 1.82) is 0 Å². The highest BCUT2D eigenvalue weighted by molar-refractivity contribution is 5.53. The van der Waals surface area contributed by atoms with Crippen LogP contribution in [-0.2, 0) is 11.8 Å². The lowest BCUT2D eigenvalue weighted by atomic mass is 9.56. The minimum atomic E-state index is 0.270. The van der Waals surface area contributed by atoms with Crippen molar-refractivity contribution >= 4 is 0 Å². The molecule has 0 bridgehead atoms. The van der Waals surface area contributed by atoms with E-state index in [0.29, 0.717) is 11.8 Å². The molecule has 2 aliphatic carbocycles. The lowest BCUT2D eigenvalue weighted by Gasteiger charge is -2.48. The fraction of sp³-hybridized carbons (Fsp3) is 0.600. The predicted molar refractivity (Wildman–Crippen MR) is 89.2 cm³/mol. The molecule has 1 fully saturated rings. The van der Waals surface area contributed by atoms with Crippen LogP contribution in [0.3, 0.4) is 0 Å². The van der Waals surface area contributed by atoms with Crippen LogP contribution >= 0.6 is 0 Å². The van der Waals surface area contributed by atoms with Crippen molar-refractivity contribution < 1.29 is 4.74 Å². The molecule has 0 aliphatic heterocycles. The number of hydrogen-bond acceptors (Lipinski definition) is 1. The van der Waals surface area contributed by atoms with Crippen LogP contribution in [0.15, 0.2) is 24.3 Å². The van der Waals surface area contributed by atoms with E-state index in [-0.39, 0.29) is 5.41 Å². The van der Waals surface area contributed by atoms with E-state index in [1.807, 2.05) is 7.11 Å². The van der Waals surface area contributed by atoms with E-state index in [4.69, 9.17) is 4.74 Å². The molecule has 1 heteroatoms. The average molecular weight is 284 g/mol. The molecular formula is C20H28O.